The van der Waals surface area contributed by atoms with Crippen LogP contribution in [0.5, 0.6) is 0 Å². The number of thioether (sulfide) groups is 1. The van der Waals surface area contributed by atoms with Gasteiger partial charge in [0.05, 0.1) is 36.1 Å². The van der Waals surface area contributed by atoms with E-state index in [9.17, 15) is 18.8 Å². The quantitative estimate of drug-likeness (QED) is 0.391. The zero-order valence-corrected chi connectivity index (χ0v) is 15.7. The van der Waals surface area contributed by atoms with Crippen molar-refractivity contribution in [2.24, 2.45) is 0 Å². The number of ether oxygens (including phenoxy) is 2. The Morgan fingerprint density at radius 2 is 2.20 bits per heavy atom. The lowest BCUT2D eigenvalue weighted by atomic mass is 10.2. The first-order valence-electron chi connectivity index (χ1n) is 7.27. The Hall–Kier alpha value is -1.87. The number of rotatable bonds is 6. The van der Waals surface area contributed by atoms with E-state index in [0.717, 1.165) is 0 Å². The van der Waals surface area contributed by atoms with Gasteiger partial charge in [0, 0.05) is 11.0 Å². The fraction of sp³-hybridized carbons (Fsp3) is 0.312. The van der Waals surface area contributed by atoms with Gasteiger partial charge in [-0.25, -0.2) is 14.0 Å². The highest BCUT2D eigenvalue weighted by Crippen LogP contribution is 2.28. The van der Waals surface area contributed by atoms with E-state index < -0.39 is 17.8 Å². The molecule has 1 fully saturated rings. The Morgan fingerprint density at radius 1 is 1.44 bits per heavy atom. The van der Waals surface area contributed by atoms with Crippen LogP contribution in [0.3, 0.4) is 0 Å². The largest absolute Gasteiger partial charge is 0.466 e. The molecule has 1 saturated heterocycles. The summed E-state index contributed by atoms with van der Waals surface area (Å²) in [7, 11) is 1.26. The van der Waals surface area contributed by atoms with Crippen LogP contribution in [0.15, 0.2) is 33.8 Å². The van der Waals surface area contributed by atoms with E-state index >= 15 is 0 Å². The molecule has 0 atom stereocenters. The number of methoxy groups -OCH3 is 1. The van der Waals surface area contributed by atoms with Crippen LogP contribution in [0.4, 0.5) is 4.39 Å². The highest BCUT2D eigenvalue weighted by atomic mass is 79.9. The van der Waals surface area contributed by atoms with Crippen LogP contribution in [0.25, 0.3) is 0 Å². The van der Waals surface area contributed by atoms with E-state index in [2.05, 4.69) is 20.7 Å². The standard InChI is InChI=1S/C16H15BrFNO5S/c1-23-15(21)8-14-19(13(20)9-25-14)5-2-6-24-16(22)11-7-10(17)3-4-12(11)18/h3-4,7-8H,2,5-6,9H2,1H3/b14-8+. The second kappa shape index (κ2) is 9.00. The maximum atomic E-state index is 13.6. The van der Waals surface area contributed by atoms with E-state index in [1.54, 1.807) is 0 Å². The third kappa shape index (κ3) is 5.30. The number of carbonyl (C=O) groups is 3. The summed E-state index contributed by atoms with van der Waals surface area (Å²) in [5.41, 5.74) is -0.159. The molecule has 1 aromatic rings. The van der Waals surface area contributed by atoms with Crippen molar-refractivity contribution < 1.29 is 28.2 Å². The third-order valence-electron chi connectivity index (χ3n) is 3.26. The summed E-state index contributed by atoms with van der Waals surface area (Å²) < 4.78 is 23.8. The molecule has 0 saturated carbocycles. The Bertz CT molecular complexity index is 724. The summed E-state index contributed by atoms with van der Waals surface area (Å²) in [6.45, 7) is 0.299. The van der Waals surface area contributed by atoms with Crippen LogP contribution in [-0.2, 0) is 19.1 Å². The molecule has 0 aromatic heterocycles. The van der Waals surface area contributed by atoms with Gasteiger partial charge in [-0.1, -0.05) is 27.7 Å². The van der Waals surface area contributed by atoms with Crippen molar-refractivity contribution >= 4 is 45.5 Å². The molecule has 1 aliphatic heterocycles. The summed E-state index contributed by atoms with van der Waals surface area (Å²) >= 11 is 4.41. The van der Waals surface area contributed by atoms with Gasteiger partial charge in [0.1, 0.15) is 5.82 Å². The molecule has 6 nitrogen and oxygen atoms in total. The van der Waals surface area contributed by atoms with Gasteiger partial charge in [-0.15, -0.1) is 0 Å². The lowest BCUT2D eigenvalue weighted by Crippen LogP contribution is -2.27. The first-order chi connectivity index (χ1) is 11.9. The number of amides is 1. The molecule has 9 heteroatoms. The molecule has 1 aromatic carbocycles. The van der Waals surface area contributed by atoms with Gasteiger partial charge in [-0.05, 0) is 24.6 Å². The van der Waals surface area contributed by atoms with E-state index in [1.807, 2.05) is 0 Å². The maximum absolute atomic E-state index is 13.6. The van der Waals surface area contributed by atoms with Crippen molar-refractivity contribution in [3.8, 4) is 0 Å². The van der Waals surface area contributed by atoms with Crippen molar-refractivity contribution in [3.63, 3.8) is 0 Å². The fourth-order valence-corrected chi connectivity index (χ4v) is 3.36. The first-order valence-corrected chi connectivity index (χ1v) is 9.05. The van der Waals surface area contributed by atoms with Gasteiger partial charge in [0.25, 0.3) is 0 Å². The topological polar surface area (TPSA) is 72.9 Å². The van der Waals surface area contributed by atoms with Crippen LogP contribution in [0, 0.1) is 5.82 Å². The van der Waals surface area contributed by atoms with Gasteiger partial charge in [-0.2, -0.15) is 0 Å². The average Bonchev–Trinajstić information content (AvgIpc) is 2.93. The van der Waals surface area contributed by atoms with E-state index in [4.69, 9.17) is 4.74 Å². The van der Waals surface area contributed by atoms with Crippen molar-refractivity contribution in [2.45, 2.75) is 6.42 Å². The van der Waals surface area contributed by atoms with Crippen molar-refractivity contribution in [3.05, 3.63) is 45.2 Å². The Balaban J connectivity index is 1.86. The number of hydrogen-bond acceptors (Lipinski definition) is 6. The SMILES string of the molecule is COC(=O)/C=C1/SCC(=O)N1CCCOC(=O)c1cc(Br)ccc1F. The summed E-state index contributed by atoms with van der Waals surface area (Å²) in [6, 6.07) is 4.00. The number of benzene rings is 1. The molecule has 25 heavy (non-hydrogen) atoms. The second-order valence-electron chi connectivity index (χ2n) is 4.95. The molecular weight excluding hydrogens is 417 g/mol. The van der Waals surface area contributed by atoms with Gasteiger partial charge < -0.3 is 14.4 Å². The lowest BCUT2D eigenvalue weighted by Gasteiger charge is -2.16. The van der Waals surface area contributed by atoms with Crippen LogP contribution in [0.2, 0.25) is 0 Å². The van der Waals surface area contributed by atoms with E-state index in [1.165, 1.54) is 48.0 Å². The Labute approximate surface area is 156 Å². The van der Waals surface area contributed by atoms with E-state index in [-0.39, 0.29) is 30.4 Å². The Morgan fingerprint density at radius 3 is 2.92 bits per heavy atom. The van der Waals surface area contributed by atoms with Crippen molar-refractivity contribution in [2.75, 3.05) is 26.0 Å². The van der Waals surface area contributed by atoms with E-state index in [0.29, 0.717) is 15.9 Å². The molecule has 1 aliphatic rings. The highest BCUT2D eigenvalue weighted by molar-refractivity contribution is 9.10. The van der Waals surface area contributed by atoms with Crippen LogP contribution < -0.4 is 0 Å². The lowest BCUT2D eigenvalue weighted by molar-refractivity contribution is -0.134. The molecule has 0 unspecified atom stereocenters. The number of halogens is 2. The number of hydrogen-bond donors (Lipinski definition) is 0. The summed E-state index contributed by atoms with van der Waals surface area (Å²) in [6.07, 6.45) is 1.60. The summed E-state index contributed by atoms with van der Waals surface area (Å²) in [5.74, 6) is -1.87. The minimum Gasteiger partial charge on any atom is -0.466 e. The third-order valence-corrected chi connectivity index (χ3v) is 4.78. The minimum absolute atomic E-state index is 0.0186. The summed E-state index contributed by atoms with van der Waals surface area (Å²) in [5, 5.41) is 0.501. The van der Waals surface area contributed by atoms with Gasteiger partial charge >= 0.3 is 11.9 Å². The van der Waals surface area contributed by atoms with Crippen LogP contribution in [-0.4, -0.2) is 48.8 Å². The normalized spacial score (nSPS) is 15.6. The number of nitrogens with zero attached hydrogens (tertiary/aromatic N) is 1. The number of esters is 2. The smallest absolute Gasteiger partial charge is 0.341 e. The van der Waals surface area contributed by atoms with Crippen molar-refractivity contribution in [1.82, 2.24) is 4.90 Å². The maximum Gasteiger partial charge on any atom is 0.341 e. The summed E-state index contributed by atoms with van der Waals surface area (Å²) in [4.78, 5) is 36.5. The van der Waals surface area contributed by atoms with Gasteiger partial charge in [0.15, 0.2) is 0 Å². The first kappa shape index (κ1) is 19.5. The molecule has 0 aliphatic carbocycles. The minimum atomic E-state index is -0.772. The Kier molecular flexibility index (Phi) is 7.01. The average molecular weight is 432 g/mol. The molecular formula is C16H15BrFNO5S. The number of carbonyl (C=O) groups excluding carboxylic acids is 3. The monoisotopic (exact) mass is 431 g/mol. The molecule has 1 amide bonds. The van der Waals surface area contributed by atoms with Crippen molar-refractivity contribution in [1.29, 1.82) is 0 Å². The van der Waals surface area contributed by atoms with Crippen LogP contribution in [0.1, 0.15) is 16.8 Å². The molecule has 2 rings (SSSR count). The zero-order valence-electron chi connectivity index (χ0n) is 13.3. The molecule has 0 radical (unpaired) electrons. The molecule has 134 valence electrons. The van der Waals surface area contributed by atoms with Crippen LogP contribution >= 0.6 is 27.7 Å². The molecule has 0 spiro atoms. The molecule has 0 N–H and O–H groups in total. The fourth-order valence-electron chi connectivity index (χ4n) is 2.05. The predicted octanol–water partition coefficient (Wildman–Crippen LogP) is 2.72. The zero-order chi connectivity index (χ0) is 18.4. The predicted molar refractivity (Wildman–Crippen MR) is 93.3 cm³/mol. The molecule has 1 heterocycles. The van der Waals surface area contributed by atoms with Gasteiger partial charge in [0.2, 0.25) is 5.91 Å². The molecule has 0 bridgehead atoms. The van der Waals surface area contributed by atoms with Gasteiger partial charge in [-0.3, -0.25) is 4.79 Å². The second-order valence-corrected chi connectivity index (χ2v) is 6.86. The highest BCUT2D eigenvalue weighted by Gasteiger charge is 2.27.